The van der Waals surface area contributed by atoms with Crippen molar-refractivity contribution >= 4 is 11.6 Å². The Balaban J connectivity index is 2.78. The van der Waals surface area contributed by atoms with Crippen LogP contribution in [0.3, 0.4) is 0 Å². The van der Waals surface area contributed by atoms with Crippen molar-refractivity contribution in [2.75, 3.05) is 0 Å². The van der Waals surface area contributed by atoms with E-state index in [4.69, 9.17) is 17.3 Å². The molecule has 0 aliphatic rings. The summed E-state index contributed by atoms with van der Waals surface area (Å²) in [4.78, 5) is 0. The van der Waals surface area contributed by atoms with Crippen LogP contribution in [0.15, 0.2) is 6.20 Å². The van der Waals surface area contributed by atoms with E-state index < -0.39 is 0 Å². The Morgan fingerprint density at radius 2 is 2.19 bits per heavy atom. The van der Waals surface area contributed by atoms with Gasteiger partial charge in [-0.1, -0.05) is 44.7 Å². The molecule has 1 aromatic heterocycles. The van der Waals surface area contributed by atoms with Gasteiger partial charge in [-0.05, 0) is 12.3 Å². The smallest absolute Gasteiger partial charge is 0.0834 e. The number of hydrogen-bond donors (Lipinski definition) is 1. The van der Waals surface area contributed by atoms with E-state index in [1.54, 1.807) is 10.9 Å². The Bertz CT molecular complexity index is 303. The first-order valence-electron chi connectivity index (χ1n) is 6.04. The summed E-state index contributed by atoms with van der Waals surface area (Å²) in [7, 11) is 1.90. The fourth-order valence-corrected chi connectivity index (χ4v) is 2.41. The minimum atomic E-state index is -0.00319. The van der Waals surface area contributed by atoms with Crippen molar-refractivity contribution in [3.63, 3.8) is 0 Å². The average molecular weight is 244 g/mol. The zero-order valence-electron chi connectivity index (χ0n) is 10.4. The van der Waals surface area contributed by atoms with Gasteiger partial charge in [0.15, 0.2) is 0 Å². The fraction of sp³-hybridized carbons (Fsp3) is 0.750. The van der Waals surface area contributed by atoms with Gasteiger partial charge in [0.2, 0.25) is 0 Å². The lowest BCUT2D eigenvalue weighted by Crippen LogP contribution is -2.24. The monoisotopic (exact) mass is 243 g/mol. The maximum absolute atomic E-state index is 6.29. The minimum absolute atomic E-state index is 0.00319. The second-order valence-electron chi connectivity index (χ2n) is 4.34. The van der Waals surface area contributed by atoms with Crippen LogP contribution in [-0.2, 0) is 7.05 Å². The number of aryl methyl sites for hydroxylation is 1. The number of unbranched alkanes of at least 4 members (excludes halogenated alkanes) is 1. The molecule has 92 valence electrons. The molecule has 1 rings (SSSR count). The molecule has 1 heterocycles. The number of rotatable bonds is 6. The maximum atomic E-state index is 6.29. The summed E-state index contributed by atoms with van der Waals surface area (Å²) < 4.78 is 1.79. The molecule has 0 fully saturated rings. The second kappa shape index (κ2) is 6.26. The van der Waals surface area contributed by atoms with E-state index in [2.05, 4.69) is 18.9 Å². The van der Waals surface area contributed by atoms with Crippen LogP contribution in [0.4, 0.5) is 0 Å². The van der Waals surface area contributed by atoms with Crippen molar-refractivity contribution in [1.82, 2.24) is 9.78 Å². The van der Waals surface area contributed by atoms with Crippen LogP contribution < -0.4 is 5.73 Å². The van der Waals surface area contributed by atoms with Crippen LogP contribution >= 0.6 is 11.6 Å². The fourth-order valence-electron chi connectivity index (χ4n) is 2.12. The molecule has 0 bridgehead atoms. The van der Waals surface area contributed by atoms with Crippen LogP contribution in [-0.4, -0.2) is 9.78 Å². The summed E-state index contributed by atoms with van der Waals surface area (Å²) in [5.41, 5.74) is 7.25. The molecule has 2 N–H and O–H groups in total. The molecular weight excluding hydrogens is 222 g/mol. The zero-order valence-corrected chi connectivity index (χ0v) is 11.2. The maximum Gasteiger partial charge on any atom is 0.0834 e. The molecule has 1 aromatic rings. The Kier molecular flexibility index (Phi) is 5.29. The topological polar surface area (TPSA) is 43.8 Å². The predicted octanol–water partition coefficient (Wildman–Crippen LogP) is 3.29. The Morgan fingerprint density at radius 1 is 1.50 bits per heavy atom. The molecule has 2 atom stereocenters. The molecule has 0 aliphatic carbocycles. The first-order valence-corrected chi connectivity index (χ1v) is 6.42. The van der Waals surface area contributed by atoms with Crippen molar-refractivity contribution in [2.45, 2.75) is 45.6 Å². The van der Waals surface area contributed by atoms with Gasteiger partial charge in [0.25, 0.3) is 0 Å². The van der Waals surface area contributed by atoms with Crippen molar-refractivity contribution in [2.24, 2.45) is 18.7 Å². The van der Waals surface area contributed by atoms with Gasteiger partial charge in [-0.3, -0.25) is 4.68 Å². The van der Waals surface area contributed by atoms with Gasteiger partial charge >= 0.3 is 0 Å². The van der Waals surface area contributed by atoms with Crippen LogP contribution in [0.2, 0.25) is 5.02 Å². The molecule has 0 aromatic carbocycles. The highest BCUT2D eigenvalue weighted by atomic mass is 35.5. The lowest BCUT2D eigenvalue weighted by Gasteiger charge is -2.23. The SMILES string of the molecule is CCCCC(CC)C(N)c1c(Cl)cnn1C. The predicted molar refractivity (Wildman–Crippen MR) is 68.5 cm³/mol. The molecule has 0 saturated carbocycles. The van der Waals surface area contributed by atoms with Gasteiger partial charge in [0, 0.05) is 7.05 Å². The summed E-state index contributed by atoms with van der Waals surface area (Å²) in [5, 5.41) is 4.82. The molecule has 0 spiro atoms. The molecule has 0 amide bonds. The first kappa shape index (κ1) is 13.5. The van der Waals surface area contributed by atoms with E-state index in [1.807, 2.05) is 7.05 Å². The normalized spacial score (nSPS) is 15.1. The number of nitrogens with two attached hydrogens (primary N) is 1. The molecule has 16 heavy (non-hydrogen) atoms. The van der Waals surface area contributed by atoms with Gasteiger partial charge in [0.1, 0.15) is 0 Å². The van der Waals surface area contributed by atoms with E-state index in [-0.39, 0.29) is 6.04 Å². The first-order chi connectivity index (χ1) is 7.61. The van der Waals surface area contributed by atoms with E-state index in [0.717, 1.165) is 18.5 Å². The van der Waals surface area contributed by atoms with E-state index in [0.29, 0.717) is 10.9 Å². The van der Waals surface area contributed by atoms with Crippen LogP contribution in [0, 0.1) is 5.92 Å². The lowest BCUT2D eigenvalue weighted by molar-refractivity contribution is 0.364. The summed E-state index contributed by atoms with van der Waals surface area (Å²) in [5.74, 6) is 0.493. The highest BCUT2D eigenvalue weighted by Crippen LogP contribution is 2.30. The van der Waals surface area contributed by atoms with Crippen LogP contribution in [0.1, 0.15) is 51.3 Å². The van der Waals surface area contributed by atoms with Gasteiger partial charge in [-0.2, -0.15) is 5.10 Å². The van der Waals surface area contributed by atoms with Gasteiger partial charge < -0.3 is 5.73 Å². The highest BCUT2D eigenvalue weighted by Gasteiger charge is 2.22. The van der Waals surface area contributed by atoms with Crippen molar-refractivity contribution in [3.8, 4) is 0 Å². The Labute approximate surface area is 103 Å². The van der Waals surface area contributed by atoms with E-state index in [9.17, 15) is 0 Å². The number of aromatic nitrogens is 2. The molecule has 0 saturated heterocycles. The summed E-state index contributed by atoms with van der Waals surface area (Å²) >= 11 is 6.11. The summed E-state index contributed by atoms with van der Waals surface area (Å²) in [6.07, 6.45) is 6.35. The number of halogens is 1. The van der Waals surface area contributed by atoms with Crippen molar-refractivity contribution in [3.05, 3.63) is 16.9 Å². The van der Waals surface area contributed by atoms with E-state index >= 15 is 0 Å². The standard InChI is InChI=1S/C12H22ClN3/c1-4-6-7-9(5-2)11(14)12-10(13)8-15-16(12)3/h8-9,11H,4-7,14H2,1-3H3. The minimum Gasteiger partial charge on any atom is -0.322 e. The van der Waals surface area contributed by atoms with Gasteiger partial charge in [0.05, 0.1) is 23.0 Å². The molecule has 2 unspecified atom stereocenters. The largest absolute Gasteiger partial charge is 0.322 e. The second-order valence-corrected chi connectivity index (χ2v) is 4.74. The van der Waals surface area contributed by atoms with E-state index in [1.165, 1.54) is 12.8 Å². The molecular formula is C12H22ClN3. The zero-order chi connectivity index (χ0) is 12.1. The van der Waals surface area contributed by atoms with Gasteiger partial charge in [-0.25, -0.2) is 0 Å². The third-order valence-corrected chi connectivity index (χ3v) is 3.51. The quantitative estimate of drug-likeness (QED) is 0.833. The highest BCUT2D eigenvalue weighted by molar-refractivity contribution is 6.31. The molecule has 0 radical (unpaired) electrons. The lowest BCUT2D eigenvalue weighted by atomic mass is 9.90. The Morgan fingerprint density at radius 3 is 2.62 bits per heavy atom. The molecule has 0 aliphatic heterocycles. The summed E-state index contributed by atoms with van der Waals surface area (Å²) in [6.45, 7) is 4.39. The molecule has 4 heteroatoms. The van der Waals surface area contributed by atoms with Gasteiger partial charge in [-0.15, -0.1) is 0 Å². The van der Waals surface area contributed by atoms with Crippen molar-refractivity contribution in [1.29, 1.82) is 0 Å². The Hall–Kier alpha value is -0.540. The number of hydrogen-bond acceptors (Lipinski definition) is 2. The average Bonchev–Trinajstić information content (AvgIpc) is 2.59. The van der Waals surface area contributed by atoms with Crippen LogP contribution in [0.5, 0.6) is 0 Å². The summed E-state index contributed by atoms with van der Waals surface area (Å²) in [6, 6.07) is -0.00319. The molecule has 3 nitrogen and oxygen atoms in total. The third kappa shape index (κ3) is 2.98. The third-order valence-electron chi connectivity index (χ3n) is 3.21. The van der Waals surface area contributed by atoms with Crippen molar-refractivity contribution < 1.29 is 0 Å². The van der Waals surface area contributed by atoms with Crippen LogP contribution in [0.25, 0.3) is 0 Å². The number of nitrogens with zero attached hydrogens (tertiary/aromatic N) is 2.